The number of fused-ring (bicyclic) bond motifs is 1. The van der Waals surface area contributed by atoms with Crippen LogP contribution in [-0.4, -0.2) is 78.1 Å². The van der Waals surface area contributed by atoms with E-state index >= 15 is 0 Å². The van der Waals surface area contributed by atoms with Gasteiger partial charge in [-0.3, -0.25) is 4.79 Å². The minimum atomic E-state index is 0.157. The average Bonchev–Trinajstić information content (AvgIpc) is 3.23. The van der Waals surface area contributed by atoms with Crippen LogP contribution in [0.2, 0.25) is 0 Å². The summed E-state index contributed by atoms with van der Waals surface area (Å²) in [5.41, 5.74) is 2.18. The van der Waals surface area contributed by atoms with Gasteiger partial charge in [0.1, 0.15) is 6.54 Å². The number of nitrogens with zero attached hydrogens (tertiary/aromatic N) is 6. The summed E-state index contributed by atoms with van der Waals surface area (Å²) in [5, 5.41) is 9.70. The summed E-state index contributed by atoms with van der Waals surface area (Å²) in [6, 6.07) is 12.3. The summed E-state index contributed by atoms with van der Waals surface area (Å²) in [7, 11) is 0. The molecular formula is C22H26N6O2. The zero-order valence-electron chi connectivity index (χ0n) is 17.0. The molecule has 156 valence electrons. The fourth-order valence-corrected chi connectivity index (χ4v) is 4.20. The van der Waals surface area contributed by atoms with E-state index in [0.717, 1.165) is 61.8 Å². The SMILES string of the molecule is O=C(Cn1ccc2ccccc21)N1CCN(c2cc(N3CCOCC3)cnn2)CC1. The van der Waals surface area contributed by atoms with Crippen molar-refractivity contribution in [2.75, 3.05) is 62.3 Å². The third-order valence-corrected chi connectivity index (χ3v) is 5.95. The van der Waals surface area contributed by atoms with Gasteiger partial charge in [-0.2, -0.15) is 5.10 Å². The van der Waals surface area contributed by atoms with E-state index in [0.29, 0.717) is 19.6 Å². The number of amides is 1. The van der Waals surface area contributed by atoms with Crippen LogP contribution in [0.5, 0.6) is 0 Å². The zero-order valence-corrected chi connectivity index (χ0v) is 17.0. The molecule has 30 heavy (non-hydrogen) atoms. The monoisotopic (exact) mass is 406 g/mol. The second-order valence-electron chi connectivity index (χ2n) is 7.74. The van der Waals surface area contributed by atoms with Gasteiger partial charge in [0.15, 0.2) is 5.82 Å². The first kappa shape index (κ1) is 18.9. The minimum Gasteiger partial charge on any atom is -0.378 e. The number of hydrogen-bond acceptors (Lipinski definition) is 6. The van der Waals surface area contributed by atoms with Crippen molar-refractivity contribution in [2.24, 2.45) is 0 Å². The highest BCUT2D eigenvalue weighted by molar-refractivity contribution is 5.83. The van der Waals surface area contributed by atoms with Crippen LogP contribution in [0.1, 0.15) is 0 Å². The predicted molar refractivity (Wildman–Crippen MR) is 116 cm³/mol. The van der Waals surface area contributed by atoms with Gasteiger partial charge in [-0.05, 0) is 17.5 Å². The minimum absolute atomic E-state index is 0.157. The Morgan fingerprint density at radius 2 is 1.77 bits per heavy atom. The summed E-state index contributed by atoms with van der Waals surface area (Å²) in [6.45, 7) is 6.54. The Labute approximate surface area is 175 Å². The number of rotatable bonds is 4. The lowest BCUT2D eigenvalue weighted by Crippen LogP contribution is -2.50. The Bertz CT molecular complexity index is 1020. The van der Waals surface area contributed by atoms with E-state index in [1.807, 2.05) is 34.0 Å². The van der Waals surface area contributed by atoms with Crippen molar-refractivity contribution >= 4 is 28.3 Å². The average molecular weight is 406 g/mol. The van der Waals surface area contributed by atoms with Crippen LogP contribution in [0.15, 0.2) is 48.8 Å². The third kappa shape index (κ3) is 3.82. The van der Waals surface area contributed by atoms with Crippen molar-refractivity contribution < 1.29 is 9.53 Å². The van der Waals surface area contributed by atoms with Crippen molar-refractivity contribution in [1.82, 2.24) is 19.7 Å². The molecule has 2 aromatic heterocycles. The van der Waals surface area contributed by atoms with Gasteiger partial charge in [0.05, 0.1) is 25.1 Å². The predicted octanol–water partition coefficient (Wildman–Crippen LogP) is 1.62. The second kappa shape index (κ2) is 8.31. The normalized spacial score (nSPS) is 17.5. The maximum atomic E-state index is 12.9. The highest BCUT2D eigenvalue weighted by Crippen LogP contribution is 2.21. The van der Waals surface area contributed by atoms with Crippen molar-refractivity contribution in [2.45, 2.75) is 6.54 Å². The quantitative estimate of drug-likeness (QED) is 0.656. The molecule has 4 heterocycles. The van der Waals surface area contributed by atoms with Gasteiger partial charge in [0.25, 0.3) is 0 Å². The van der Waals surface area contributed by atoms with Crippen molar-refractivity contribution in [3.05, 3.63) is 48.8 Å². The van der Waals surface area contributed by atoms with E-state index < -0.39 is 0 Å². The van der Waals surface area contributed by atoms with Crippen LogP contribution in [0.25, 0.3) is 10.9 Å². The number of ether oxygens (including phenoxy) is 1. The molecule has 0 N–H and O–H groups in total. The van der Waals surface area contributed by atoms with E-state index in [-0.39, 0.29) is 5.91 Å². The first-order valence-electron chi connectivity index (χ1n) is 10.5. The second-order valence-corrected chi connectivity index (χ2v) is 7.74. The number of para-hydroxylation sites is 1. The molecule has 0 radical (unpaired) electrons. The first-order chi connectivity index (χ1) is 14.8. The maximum Gasteiger partial charge on any atom is 0.242 e. The number of carbonyl (C=O) groups excluding carboxylic acids is 1. The molecule has 1 amide bonds. The number of anilines is 2. The van der Waals surface area contributed by atoms with E-state index in [4.69, 9.17) is 4.74 Å². The van der Waals surface area contributed by atoms with Crippen LogP contribution >= 0.6 is 0 Å². The molecule has 1 aromatic carbocycles. The van der Waals surface area contributed by atoms with E-state index in [2.05, 4.69) is 44.3 Å². The Morgan fingerprint density at radius 3 is 2.60 bits per heavy atom. The van der Waals surface area contributed by atoms with E-state index in [9.17, 15) is 4.79 Å². The van der Waals surface area contributed by atoms with Crippen molar-refractivity contribution in [3.63, 3.8) is 0 Å². The van der Waals surface area contributed by atoms with E-state index in [1.165, 1.54) is 0 Å². The smallest absolute Gasteiger partial charge is 0.242 e. The van der Waals surface area contributed by atoms with Gasteiger partial charge in [0, 0.05) is 57.0 Å². The lowest BCUT2D eigenvalue weighted by atomic mass is 10.2. The molecule has 0 spiro atoms. The lowest BCUT2D eigenvalue weighted by molar-refractivity contribution is -0.132. The molecule has 0 aliphatic carbocycles. The van der Waals surface area contributed by atoms with Gasteiger partial charge >= 0.3 is 0 Å². The number of piperazine rings is 1. The lowest BCUT2D eigenvalue weighted by Gasteiger charge is -2.36. The molecule has 8 heteroatoms. The Morgan fingerprint density at radius 1 is 0.967 bits per heavy atom. The zero-order chi connectivity index (χ0) is 20.3. The van der Waals surface area contributed by atoms with Gasteiger partial charge in [0.2, 0.25) is 5.91 Å². The molecule has 0 unspecified atom stereocenters. The van der Waals surface area contributed by atoms with Crippen LogP contribution < -0.4 is 9.80 Å². The highest BCUT2D eigenvalue weighted by atomic mass is 16.5. The summed E-state index contributed by atoms with van der Waals surface area (Å²) >= 11 is 0. The molecule has 5 rings (SSSR count). The largest absolute Gasteiger partial charge is 0.378 e. The van der Waals surface area contributed by atoms with Crippen molar-refractivity contribution in [1.29, 1.82) is 0 Å². The van der Waals surface area contributed by atoms with Crippen LogP contribution in [0, 0.1) is 0 Å². The molecule has 2 aliphatic rings. The number of carbonyl (C=O) groups is 1. The standard InChI is InChI=1S/C22H26N6O2/c29-22(17-28-6-5-18-3-1-2-4-20(18)28)27-9-7-26(8-10-27)21-15-19(16-23-24-21)25-11-13-30-14-12-25/h1-6,15-16H,7-14,17H2. The number of benzene rings is 1. The Hall–Kier alpha value is -3.13. The van der Waals surface area contributed by atoms with Crippen LogP contribution in [0.4, 0.5) is 11.5 Å². The molecule has 2 saturated heterocycles. The summed E-state index contributed by atoms with van der Waals surface area (Å²) < 4.78 is 7.46. The fraction of sp³-hybridized carbons (Fsp3) is 0.409. The molecule has 0 saturated carbocycles. The summed E-state index contributed by atoms with van der Waals surface area (Å²) in [4.78, 5) is 19.3. The van der Waals surface area contributed by atoms with Gasteiger partial charge in [-0.25, -0.2) is 0 Å². The molecule has 8 nitrogen and oxygen atoms in total. The molecule has 0 bridgehead atoms. The molecule has 3 aromatic rings. The Kier molecular flexibility index (Phi) is 5.23. The van der Waals surface area contributed by atoms with Crippen molar-refractivity contribution in [3.8, 4) is 0 Å². The molecule has 0 atom stereocenters. The highest BCUT2D eigenvalue weighted by Gasteiger charge is 2.23. The van der Waals surface area contributed by atoms with Gasteiger partial charge in [-0.15, -0.1) is 5.10 Å². The fourth-order valence-electron chi connectivity index (χ4n) is 4.20. The van der Waals surface area contributed by atoms with Crippen LogP contribution in [-0.2, 0) is 16.1 Å². The van der Waals surface area contributed by atoms with Crippen LogP contribution in [0.3, 0.4) is 0 Å². The number of aromatic nitrogens is 3. The third-order valence-electron chi connectivity index (χ3n) is 5.95. The summed E-state index contributed by atoms with van der Waals surface area (Å²) in [6.07, 6.45) is 3.81. The first-order valence-corrected chi connectivity index (χ1v) is 10.5. The van der Waals surface area contributed by atoms with Gasteiger partial charge in [-0.1, -0.05) is 18.2 Å². The van der Waals surface area contributed by atoms with E-state index in [1.54, 1.807) is 0 Å². The maximum absolute atomic E-state index is 12.9. The van der Waals surface area contributed by atoms with Gasteiger partial charge < -0.3 is 24.0 Å². The Balaban J connectivity index is 1.20. The number of morpholine rings is 1. The summed E-state index contributed by atoms with van der Waals surface area (Å²) in [5.74, 6) is 1.03. The number of hydrogen-bond donors (Lipinski definition) is 0. The topological polar surface area (TPSA) is 66.7 Å². The molecule has 2 fully saturated rings. The molecule has 2 aliphatic heterocycles. The molecular weight excluding hydrogens is 380 g/mol.